The molecule has 1 N–H and O–H groups in total. The second kappa shape index (κ2) is 5.94. The van der Waals surface area contributed by atoms with E-state index >= 15 is 0 Å². The number of hydrogen-bond donors (Lipinski definition) is 1. The zero-order chi connectivity index (χ0) is 12.3. The molecular formula is C12H15ClN2S2. The van der Waals surface area contributed by atoms with E-state index in [9.17, 15) is 0 Å². The maximum Gasteiger partial charge on any atom is 0.184 e. The number of fused-ring (bicyclic) bond motifs is 1. The molecule has 5 heteroatoms. The van der Waals surface area contributed by atoms with Crippen LogP contribution in [0.3, 0.4) is 0 Å². The molecule has 0 amide bonds. The van der Waals surface area contributed by atoms with Gasteiger partial charge in [0.25, 0.3) is 0 Å². The molecule has 0 saturated carbocycles. The van der Waals surface area contributed by atoms with Crippen LogP contribution in [0.15, 0.2) is 18.2 Å². The third kappa shape index (κ3) is 3.06. The van der Waals surface area contributed by atoms with Gasteiger partial charge in [0, 0.05) is 11.8 Å². The van der Waals surface area contributed by atoms with Crippen LogP contribution in [0.25, 0.3) is 10.2 Å². The van der Waals surface area contributed by atoms with Gasteiger partial charge >= 0.3 is 0 Å². The number of anilines is 1. The van der Waals surface area contributed by atoms with E-state index in [0.717, 1.165) is 32.5 Å². The number of hydrogen-bond acceptors (Lipinski definition) is 4. The molecule has 2 rings (SSSR count). The number of nitrogens with one attached hydrogen (secondary N) is 1. The highest BCUT2D eigenvalue weighted by Gasteiger charge is 2.10. The Morgan fingerprint density at radius 3 is 3.00 bits per heavy atom. The minimum Gasteiger partial charge on any atom is -0.358 e. The van der Waals surface area contributed by atoms with Gasteiger partial charge in [-0.25, -0.2) is 4.98 Å². The van der Waals surface area contributed by atoms with Crippen LogP contribution >= 0.6 is 34.7 Å². The van der Waals surface area contributed by atoms with E-state index in [1.54, 1.807) is 11.3 Å². The van der Waals surface area contributed by atoms with Gasteiger partial charge in [0.1, 0.15) is 0 Å². The molecule has 0 spiro atoms. The van der Waals surface area contributed by atoms with E-state index in [-0.39, 0.29) is 0 Å². The van der Waals surface area contributed by atoms with Crippen molar-refractivity contribution in [2.75, 3.05) is 17.3 Å². The Bertz CT molecular complexity index is 498. The van der Waals surface area contributed by atoms with E-state index in [2.05, 4.69) is 23.5 Å². The molecule has 0 aliphatic heterocycles. The van der Waals surface area contributed by atoms with Gasteiger partial charge in [0.15, 0.2) is 5.13 Å². The molecule has 0 fully saturated rings. The molecule has 1 heterocycles. The van der Waals surface area contributed by atoms with Gasteiger partial charge in [-0.05, 0) is 24.8 Å². The fourth-order valence-electron chi connectivity index (χ4n) is 1.61. The van der Waals surface area contributed by atoms with Crippen LogP contribution in [0.5, 0.6) is 0 Å². The first-order chi connectivity index (χ1) is 8.24. The molecule has 2 nitrogen and oxygen atoms in total. The van der Waals surface area contributed by atoms with Crippen molar-refractivity contribution in [1.82, 2.24) is 4.98 Å². The molecule has 2 aromatic rings. The monoisotopic (exact) mass is 286 g/mol. The van der Waals surface area contributed by atoms with Crippen molar-refractivity contribution in [2.24, 2.45) is 0 Å². The predicted octanol–water partition coefficient (Wildman–Crippen LogP) is 4.50. The van der Waals surface area contributed by atoms with Crippen LogP contribution in [-0.4, -0.2) is 23.0 Å². The number of thioether (sulfide) groups is 1. The summed E-state index contributed by atoms with van der Waals surface area (Å²) in [6.45, 7) is 2.19. The molecule has 92 valence electrons. The van der Waals surface area contributed by atoms with E-state index in [1.165, 1.54) is 0 Å². The highest BCUT2D eigenvalue weighted by atomic mass is 35.5. The molecule has 0 aliphatic carbocycles. The van der Waals surface area contributed by atoms with Crippen molar-refractivity contribution >= 4 is 50.0 Å². The summed E-state index contributed by atoms with van der Waals surface area (Å²) in [7, 11) is 0. The minimum absolute atomic E-state index is 0.476. The third-order valence-electron chi connectivity index (χ3n) is 2.56. The Morgan fingerprint density at radius 2 is 2.35 bits per heavy atom. The Morgan fingerprint density at radius 1 is 1.53 bits per heavy atom. The summed E-state index contributed by atoms with van der Waals surface area (Å²) in [5.41, 5.74) is 0.976. The normalized spacial score (nSPS) is 12.9. The van der Waals surface area contributed by atoms with Gasteiger partial charge in [-0.1, -0.05) is 35.9 Å². The number of rotatable bonds is 5. The van der Waals surface area contributed by atoms with Crippen molar-refractivity contribution in [1.29, 1.82) is 0 Å². The summed E-state index contributed by atoms with van der Waals surface area (Å²) in [6.07, 6.45) is 3.23. The average molecular weight is 287 g/mol. The first kappa shape index (κ1) is 13.0. The summed E-state index contributed by atoms with van der Waals surface area (Å²) >= 11 is 9.62. The number of benzene rings is 1. The largest absolute Gasteiger partial charge is 0.358 e. The van der Waals surface area contributed by atoms with Gasteiger partial charge < -0.3 is 5.32 Å². The summed E-state index contributed by atoms with van der Waals surface area (Å²) in [6, 6.07) is 6.32. The summed E-state index contributed by atoms with van der Waals surface area (Å²) in [5, 5.41) is 5.22. The second-order valence-corrected chi connectivity index (χ2v) is 6.13. The van der Waals surface area contributed by atoms with E-state index in [1.807, 2.05) is 30.0 Å². The highest BCUT2D eigenvalue weighted by Crippen LogP contribution is 2.32. The van der Waals surface area contributed by atoms with Crippen molar-refractivity contribution in [2.45, 2.75) is 19.4 Å². The van der Waals surface area contributed by atoms with E-state index in [0.29, 0.717) is 6.04 Å². The molecule has 1 atom stereocenters. The molecule has 1 aromatic carbocycles. The minimum atomic E-state index is 0.476. The first-order valence-corrected chi connectivity index (χ1v) is 8.14. The lowest BCUT2D eigenvalue weighted by atomic mass is 10.3. The summed E-state index contributed by atoms with van der Waals surface area (Å²) in [5.74, 6) is 1.10. The van der Waals surface area contributed by atoms with Crippen LogP contribution in [0.4, 0.5) is 5.13 Å². The highest BCUT2D eigenvalue weighted by molar-refractivity contribution is 7.98. The van der Waals surface area contributed by atoms with Gasteiger partial charge in [-0.2, -0.15) is 11.8 Å². The topological polar surface area (TPSA) is 24.9 Å². The van der Waals surface area contributed by atoms with Crippen LogP contribution in [0.2, 0.25) is 5.02 Å². The Labute approximate surface area is 115 Å². The molecule has 0 saturated heterocycles. The molecule has 0 bridgehead atoms. The van der Waals surface area contributed by atoms with Gasteiger partial charge in [-0.3, -0.25) is 0 Å². The molecule has 1 aromatic heterocycles. The quantitative estimate of drug-likeness (QED) is 0.876. The Hall–Kier alpha value is -0.450. The fraction of sp³-hybridized carbons (Fsp3) is 0.417. The van der Waals surface area contributed by atoms with E-state index in [4.69, 9.17) is 11.6 Å². The standard InChI is InChI=1S/C12H15ClN2S2/c1-3-8(7-16-2)14-12-15-10-6-4-5-9(13)11(10)17-12/h4-6,8H,3,7H2,1-2H3,(H,14,15). The molecule has 0 aliphatic rings. The van der Waals surface area contributed by atoms with Gasteiger partial charge in [-0.15, -0.1) is 0 Å². The number of nitrogens with zero attached hydrogens (tertiary/aromatic N) is 1. The van der Waals surface area contributed by atoms with Crippen LogP contribution < -0.4 is 5.32 Å². The Kier molecular flexibility index (Phi) is 4.54. The number of halogens is 1. The smallest absolute Gasteiger partial charge is 0.184 e. The van der Waals surface area contributed by atoms with Crippen molar-refractivity contribution in [3.05, 3.63) is 23.2 Å². The maximum absolute atomic E-state index is 6.14. The lowest BCUT2D eigenvalue weighted by Gasteiger charge is -2.14. The zero-order valence-corrected chi connectivity index (χ0v) is 12.3. The van der Waals surface area contributed by atoms with Gasteiger partial charge in [0.05, 0.1) is 15.2 Å². The predicted molar refractivity (Wildman–Crippen MR) is 80.7 cm³/mol. The Balaban J connectivity index is 2.21. The average Bonchev–Trinajstić information content (AvgIpc) is 2.72. The molecule has 1 unspecified atom stereocenters. The second-order valence-electron chi connectivity index (χ2n) is 3.81. The number of aromatic nitrogens is 1. The molecule has 0 radical (unpaired) electrons. The van der Waals surface area contributed by atoms with Gasteiger partial charge in [0.2, 0.25) is 0 Å². The number of thiazole rings is 1. The lowest BCUT2D eigenvalue weighted by molar-refractivity contribution is 0.774. The van der Waals surface area contributed by atoms with Crippen LogP contribution in [-0.2, 0) is 0 Å². The van der Waals surface area contributed by atoms with Crippen LogP contribution in [0, 0.1) is 0 Å². The SMILES string of the molecule is CCC(CSC)Nc1nc2cccc(Cl)c2s1. The first-order valence-electron chi connectivity index (χ1n) is 5.55. The van der Waals surface area contributed by atoms with Crippen LogP contribution in [0.1, 0.15) is 13.3 Å². The maximum atomic E-state index is 6.14. The molecule has 17 heavy (non-hydrogen) atoms. The summed E-state index contributed by atoms with van der Waals surface area (Å²) in [4.78, 5) is 4.56. The third-order valence-corrected chi connectivity index (χ3v) is 4.75. The van der Waals surface area contributed by atoms with Crippen molar-refractivity contribution < 1.29 is 0 Å². The van der Waals surface area contributed by atoms with Crippen molar-refractivity contribution in [3.63, 3.8) is 0 Å². The zero-order valence-electron chi connectivity index (χ0n) is 9.87. The van der Waals surface area contributed by atoms with E-state index < -0.39 is 0 Å². The lowest BCUT2D eigenvalue weighted by Crippen LogP contribution is -2.20. The summed E-state index contributed by atoms with van der Waals surface area (Å²) < 4.78 is 1.07. The fourth-order valence-corrected chi connectivity index (χ4v) is 3.57. The molecular weight excluding hydrogens is 272 g/mol. The van der Waals surface area contributed by atoms with Crippen molar-refractivity contribution in [3.8, 4) is 0 Å².